The Morgan fingerprint density at radius 1 is 0.263 bits per heavy atom. The maximum absolute atomic E-state index is 12.9. The topological polar surface area (TPSA) is 78.9 Å². The highest BCUT2D eigenvalue weighted by Crippen LogP contribution is 2.16. The van der Waals surface area contributed by atoms with Crippen molar-refractivity contribution in [1.29, 1.82) is 0 Å². The lowest BCUT2D eigenvalue weighted by molar-refractivity contribution is -0.166. The number of carbonyl (C=O) groups is 3. The van der Waals surface area contributed by atoms with Crippen LogP contribution < -0.4 is 0 Å². The van der Waals surface area contributed by atoms with Crippen LogP contribution in [0.4, 0.5) is 0 Å². The van der Waals surface area contributed by atoms with Gasteiger partial charge >= 0.3 is 17.9 Å². The van der Waals surface area contributed by atoms with Gasteiger partial charge in [0.2, 0.25) is 0 Å². The fourth-order valence-electron chi connectivity index (χ4n) is 8.99. The molecule has 0 heterocycles. The van der Waals surface area contributed by atoms with Gasteiger partial charge in [-0.25, -0.2) is 0 Å². The van der Waals surface area contributed by atoms with Crippen molar-refractivity contribution < 1.29 is 28.6 Å². The highest BCUT2D eigenvalue weighted by Gasteiger charge is 2.19. The van der Waals surface area contributed by atoms with Crippen LogP contribution in [-0.4, -0.2) is 37.2 Å². The molecule has 0 amide bonds. The Labute approximate surface area is 494 Å². The minimum atomic E-state index is -0.815. The largest absolute Gasteiger partial charge is 0.462 e. The van der Waals surface area contributed by atoms with Gasteiger partial charge in [-0.15, -0.1) is 0 Å². The Bertz CT molecular complexity index is 1700. The molecule has 6 heteroatoms. The molecule has 1 atom stereocenters. The van der Waals surface area contributed by atoms with Crippen molar-refractivity contribution >= 4 is 17.9 Å². The smallest absolute Gasteiger partial charge is 0.306 e. The zero-order valence-corrected chi connectivity index (χ0v) is 52.0. The number of hydrogen-bond donors (Lipinski definition) is 0. The number of esters is 3. The van der Waals surface area contributed by atoms with E-state index < -0.39 is 6.10 Å². The van der Waals surface area contributed by atoms with Gasteiger partial charge in [0.25, 0.3) is 0 Å². The van der Waals surface area contributed by atoms with Crippen LogP contribution in [0.15, 0.2) is 134 Å². The molecule has 0 saturated carbocycles. The van der Waals surface area contributed by atoms with E-state index in [4.69, 9.17) is 14.2 Å². The summed E-state index contributed by atoms with van der Waals surface area (Å²) in [5, 5.41) is 0. The molecule has 0 fully saturated rings. The number of carbonyl (C=O) groups excluding carboxylic acids is 3. The summed E-state index contributed by atoms with van der Waals surface area (Å²) in [6.45, 7) is 6.35. The molecule has 0 radical (unpaired) electrons. The SMILES string of the molecule is CC/C=C\C/C=C\C/C=C\C/C=C\C/C=C\C/C=C\CCCCCCCCCCCCCCCCC(=O)OCC(COC(=O)CC/C=C\C/C=C\C/C=C\C/C=C\CC)OC(=O)CCCCCCC/C=C\CCCCCCCCC. The van der Waals surface area contributed by atoms with E-state index in [9.17, 15) is 14.4 Å². The molecule has 0 aromatic carbocycles. The molecule has 80 heavy (non-hydrogen) atoms. The quantitative estimate of drug-likeness (QED) is 0.0261. The molecule has 0 aromatic heterocycles. The van der Waals surface area contributed by atoms with E-state index in [1.165, 1.54) is 135 Å². The maximum Gasteiger partial charge on any atom is 0.306 e. The van der Waals surface area contributed by atoms with E-state index in [1.54, 1.807) is 0 Å². The lowest BCUT2D eigenvalue weighted by atomic mass is 10.0. The number of unbranched alkanes of at least 4 members (excludes halogenated alkanes) is 26. The van der Waals surface area contributed by atoms with Gasteiger partial charge in [0, 0.05) is 19.3 Å². The van der Waals surface area contributed by atoms with Crippen molar-refractivity contribution in [2.24, 2.45) is 0 Å². The molecule has 0 aliphatic carbocycles. The number of ether oxygens (including phenoxy) is 3. The Kier molecular flexibility index (Phi) is 63.3. The van der Waals surface area contributed by atoms with Crippen LogP contribution in [0.1, 0.15) is 297 Å². The van der Waals surface area contributed by atoms with Gasteiger partial charge in [-0.05, 0) is 122 Å². The highest BCUT2D eigenvalue weighted by molar-refractivity contribution is 5.71. The summed E-state index contributed by atoms with van der Waals surface area (Å²) in [4.78, 5) is 38.2. The zero-order chi connectivity index (χ0) is 57.8. The lowest BCUT2D eigenvalue weighted by Gasteiger charge is -2.18. The first-order chi connectivity index (χ1) is 39.5. The number of rotatable bonds is 59. The first-order valence-electron chi connectivity index (χ1n) is 33.2. The Balaban J connectivity index is 4.25. The fourth-order valence-corrected chi connectivity index (χ4v) is 8.99. The lowest BCUT2D eigenvalue weighted by Crippen LogP contribution is -2.30. The van der Waals surface area contributed by atoms with Crippen molar-refractivity contribution in [1.82, 2.24) is 0 Å². The summed E-state index contributed by atoms with van der Waals surface area (Å²) < 4.78 is 16.8. The molecule has 454 valence electrons. The molecule has 0 bridgehead atoms. The van der Waals surface area contributed by atoms with Crippen LogP contribution in [0.3, 0.4) is 0 Å². The number of hydrogen-bond acceptors (Lipinski definition) is 6. The van der Waals surface area contributed by atoms with Crippen molar-refractivity contribution in [3.05, 3.63) is 134 Å². The van der Waals surface area contributed by atoms with Gasteiger partial charge < -0.3 is 14.2 Å². The van der Waals surface area contributed by atoms with Crippen LogP contribution in [-0.2, 0) is 28.6 Å². The highest BCUT2D eigenvalue weighted by atomic mass is 16.6. The van der Waals surface area contributed by atoms with E-state index >= 15 is 0 Å². The van der Waals surface area contributed by atoms with E-state index in [0.717, 1.165) is 116 Å². The summed E-state index contributed by atoms with van der Waals surface area (Å²) in [6, 6.07) is 0. The summed E-state index contributed by atoms with van der Waals surface area (Å²) >= 11 is 0. The molecule has 6 nitrogen and oxygen atoms in total. The van der Waals surface area contributed by atoms with Gasteiger partial charge in [-0.3, -0.25) is 14.4 Å². The third-order valence-electron chi connectivity index (χ3n) is 13.9. The summed E-state index contributed by atoms with van der Waals surface area (Å²) in [5.41, 5.74) is 0. The van der Waals surface area contributed by atoms with Crippen LogP contribution in [0.5, 0.6) is 0 Å². The van der Waals surface area contributed by atoms with Crippen molar-refractivity contribution in [3.63, 3.8) is 0 Å². The molecule has 0 aliphatic heterocycles. The first-order valence-corrected chi connectivity index (χ1v) is 33.2. The standard InChI is InChI=1S/C74H122O6/c1-4-7-10-13-16-19-22-25-27-29-30-31-32-33-34-35-36-37-38-39-40-41-42-43-44-45-47-49-52-55-58-61-64-67-73(76)79-70-71(69-78-72(75)66-63-60-57-54-51-48-24-21-18-15-12-9-6-3)80-74(77)68-65-62-59-56-53-50-46-28-26-23-20-17-14-11-8-5-2/h7,9-10,12,16,18-19,21,25,27-28,30-31,33-34,36-37,46,48,51,57,60,71H,4-6,8,11,13-15,17,20,22-24,26,29,32,35,38-45,47,49-50,52-56,58-59,61-70H2,1-3H3/b10-7-,12-9-,19-16-,21-18-,27-25-,31-30-,34-33-,37-36-,46-28-,51-48-,60-57-. The summed E-state index contributed by atoms with van der Waals surface area (Å²) in [5.74, 6) is -0.995. The second kappa shape index (κ2) is 67.1. The van der Waals surface area contributed by atoms with Crippen LogP contribution >= 0.6 is 0 Å². The fraction of sp³-hybridized carbons (Fsp3) is 0.662. The zero-order valence-electron chi connectivity index (χ0n) is 52.0. The van der Waals surface area contributed by atoms with Gasteiger partial charge in [0.1, 0.15) is 13.2 Å². The van der Waals surface area contributed by atoms with Gasteiger partial charge in [-0.2, -0.15) is 0 Å². The third kappa shape index (κ3) is 64.4. The molecule has 1 unspecified atom stereocenters. The van der Waals surface area contributed by atoms with E-state index in [-0.39, 0.29) is 37.5 Å². The van der Waals surface area contributed by atoms with Crippen molar-refractivity contribution in [2.45, 2.75) is 303 Å². The molecular formula is C74H122O6. The minimum Gasteiger partial charge on any atom is -0.462 e. The molecule has 0 rings (SSSR count). The second-order valence-electron chi connectivity index (χ2n) is 21.6. The van der Waals surface area contributed by atoms with Crippen molar-refractivity contribution in [2.75, 3.05) is 13.2 Å². The monoisotopic (exact) mass is 1110 g/mol. The van der Waals surface area contributed by atoms with Gasteiger partial charge in [0.15, 0.2) is 6.10 Å². The molecule has 0 saturated heterocycles. The first kappa shape index (κ1) is 75.5. The Hall–Kier alpha value is -4.45. The van der Waals surface area contributed by atoms with E-state index in [1.807, 2.05) is 6.08 Å². The van der Waals surface area contributed by atoms with Gasteiger partial charge in [-0.1, -0.05) is 289 Å². The van der Waals surface area contributed by atoms with Crippen LogP contribution in [0.25, 0.3) is 0 Å². The molecule has 0 spiro atoms. The van der Waals surface area contributed by atoms with Crippen LogP contribution in [0, 0.1) is 0 Å². The Morgan fingerprint density at radius 3 is 0.850 bits per heavy atom. The predicted octanol–water partition coefficient (Wildman–Crippen LogP) is 22.9. The second-order valence-corrected chi connectivity index (χ2v) is 21.6. The van der Waals surface area contributed by atoms with Gasteiger partial charge in [0.05, 0.1) is 0 Å². The normalized spacial score (nSPS) is 13.0. The van der Waals surface area contributed by atoms with E-state index in [2.05, 4.69) is 148 Å². The van der Waals surface area contributed by atoms with E-state index in [0.29, 0.717) is 19.3 Å². The molecule has 0 aromatic rings. The average Bonchev–Trinajstić information content (AvgIpc) is 3.46. The molecular weight excluding hydrogens is 985 g/mol. The summed E-state index contributed by atoms with van der Waals surface area (Å²) in [7, 11) is 0. The number of allylic oxidation sites excluding steroid dienone is 22. The minimum absolute atomic E-state index is 0.105. The predicted molar refractivity (Wildman–Crippen MR) is 348 cm³/mol. The van der Waals surface area contributed by atoms with Crippen molar-refractivity contribution in [3.8, 4) is 0 Å². The average molecular weight is 1110 g/mol. The summed E-state index contributed by atoms with van der Waals surface area (Å²) in [6.07, 6.45) is 94.9. The van der Waals surface area contributed by atoms with Crippen LogP contribution in [0.2, 0.25) is 0 Å². The maximum atomic E-state index is 12.9. The Morgan fingerprint density at radius 2 is 0.512 bits per heavy atom. The molecule has 0 N–H and O–H groups in total. The third-order valence-corrected chi connectivity index (χ3v) is 13.9. The molecule has 0 aliphatic rings.